The summed E-state index contributed by atoms with van der Waals surface area (Å²) in [6.45, 7) is 3.52. The Morgan fingerprint density at radius 2 is 2.09 bits per heavy atom. The highest BCUT2D eigenvalue weighted by Gasteiger charge is 2.23. The lowest BCUT2D eigenvalue weighted by molar-refractivity contribution is -0.140. The van der Waals surface area contributed by atoms with Crippen molar-refractivity contribution >= 4 is 28.7 Å². The number of aliphatic carboxylic acids is 1. The molecule has 112 valence electrons. The van der Waals surface area contributed by atoms with Gasteiger partial charge in [-0.25, -0.2) is 14.8 Å². The van der Waals surface area contributed by atoms with E-state index in [0.717, 1.165) is 5.56 Å². The van der Waals surface area contributed by atoms with Crippen molar-refractivity contribution in [2.45, 2.75) is 19.9 Å². The number of hydrogen-bond donors (Lipinski definition) is 1. The van der Waals surface area contributed by atoms with Crippen LogP contribution in [0, 0.1) is 6.92 Å². The summed E-state index contributed by atoms with van der Waals surface area (Å²) in [5, 5.41) is 9.92. The first-order chi connectivity index (χ1) is 10.5. The summed E-state index contributed by atoms with van der Waals surface area (Å²) < 4.78 is 1.61. The Bertz CT molecular complexity index is 873. The number of carboxylic acids is 1. The highest BCUT2D eigenvalue weighted by atomic mass is 35.5. The van der Waals surface area contributed by atoms with E-state index in [4.69, 9.17) is 11.6 Å². The number of pyridine rings is 1. The molecule has 3 aromatic rings. The van der Waals surface area contributed by atoms with Gasteiger partial charge >= 0.3 is 5.97 Å². The van der Waals surface area contributed by atoms with E-state index in [0.29, 0.717) is 27.6 Å². The molecule has 1 N–H and O–H groups in total. The van der Waals surface area contributed by atoms with Crippen LogP contribution in [0.1, 0.15) is 18.5 Å². The van der Waals surface area contributed by atoms with Gasteiger partial charge in [0, 0.05) is 11.8 Å². The van der Waals surface area contributed by atoms with E-state index in [9.17, 15) is 9.90 Å². The standard InChI is InChI=1S/C16H14ClN3O2/c1-9-7-13-15(18-8-9)20(10(2)16(21)22)14(19-13)11-5-3-4-6-12(11)17/h3-8,10H,1-2H3,(H,21,22). The average Bonchev–Trinajstić information content (AvgIpc) is 2.84. The topological polar surface area (TPSA) is 68.0 Å². The number of imidazole rings is 1. The molecule has 5 nitrogen and oxygen atoms in total. The molecule has 1 unspecified atom stereocenters. The van der Waals surface area contributed by atoms with Gasteiger partial charge < -0.3 is 5.11 Å². The minimum Gasteiger partial charge on any atom is -0.480 e. The van der Waals surface area contributed by atoms with E-state index in [-0.39, 0.29) is 0 Å². The van der Waals surface area contributed by atoms with E-state index >= 15 is 0 Å². The van der Waals surface area contributed by atoms with Crippen LogP contribution in [0.3, 0.4) is 0 Å². The Labute approximate surface area is 132 Å². The third kappa shape index (κ3) is 2.33. The number of aryl methyl sites for hydroxylation is 1. The van der Waals surface area contributed by atoms with Gasteiger partial charge in [-0.15, -0.1) is 0 Å². The minimum atomic E-state index is -0.949. The lowest BCUT2D eigenvalue weighted by atomic mass is 10.2. The zero-order valence-corrected chi connectivity index (χ0v) is 12.9. The van der Waals surface area contributed by atoms with Crippen LogP contribution in [0.4, 0.5) is 0 Å². The Hall–Kier alpha value is -2.40. The maximum absolute atomic E-state index is 11.5. The highest BCUT2D eigenvalue weighted by molar-refractivity contribution is 6.33. The molecule has 0 saturated carbocycles. The summed E-state index contributed by atoms with van der Waals surface area (Å²) >= 11 is 6.25. The molecule has 2 aromatic heterocycles. The van der Waals surface area contributed by atoms with Gasteiger partial charge in [0.2, 0.25) is 0 Å². The fourth-order valence-electron chi connectivity index (χ4n) is 2.39. The second-order valence-corrected chi connectivity index (χ2v) is 5.56. The molecule has 3 rings (SSSR count). The van der Waals surface area contributed by atoms with E-state index in [2.05, 4.69) is 9.97 Å². The molecule has 0 fully saturated rings. The molecule has 0 aliphatic carbocycles. The van der Waals surface area contributed by atoms with E-state index in [1.807, 2.05) is 31.2 Å². The number of halogens is 1. The second kappa shape index (κ2) is 5.42. The van der Waals surface area contributed by atoms with E-state index in [1.165, 1.54) is 0 Å². The molecule has 22 heavy (non-hydrogen) atoms. The molecule has 1 aromatic carbocycles. The number of nitrogens with zero attached hydrogens (tertiary/aromatic N) is 3. The van der Waals surface area contributed by atoms with Crippen molar-refractivity contribution in [2.24, 2.45) is 0 Å². The van der Waals surface area contributed by atoms with Gasteiger partial charge in [0.25, 0.3) is 0 Å². The van der Waals surface area contributed by atoms with Gasteiger partial charge in [0.15, 0.2) is 5.65 Å². The van der Waals surface area contributed by atoms with Gasteiger partial charge in [-0.3, -0.25) is 4.57 Å². The lowest BCUT2D eigenvalue weighted by Gasteiger charge is -2.13. The van der Waals surface area contributed by atoms with Crippen LogP contribution >= 0.6 is 11.6 Å². The van der Waals surface area contributed by atoms with Crippen molar-refractivity contribution in [1.82, 2.24) is 14.5 Å². The minimum absolute atomic E-state index is 0.508. The van der Waals surface area contributed by atoms with Crippen molar-refractivity contribution in [3.05, 3.63) is 47.1 Å². The molecule has 0 radical (unpaired) electrons. The fourth-order valence-corrected chi connectivity index (χ4v) is 2.61. The summed E-state index contributed by atoms with van der Waals surface area (Å²) in [5.41, 5.74) is 2.84. The fraction of sp³-hybridized carbons (Fsp3) is 0.188. The molecule has 6 heteroatoms. The molecule has 1 atom stereocenters. The van der Waals surface area contributed by atoms with Gasteiger partial charge in [-0.05, 0) is 37.6 Å². The number of carboxylic acid groups (broad SMARTS) is 1. The third-order valence-electron chi connectivity index (χ3n) is 3.53. The summed E-state index contributed by atoms with van der Waals surface area (Å²) in [5.74, 6) is -0.441. The van der Waals surface area contributed by atoms with Gasteiger partial charge in [-0.1, -0.05) is 23.7 Å². The molecule has 0 aliphatic rings. The Morgan fingerprint density at radius 1 is 1.36 bits per heavy atom. The molecule has 2 heterocycles. The van der Waals surface area contributed by atoms with Crippen LogP contribution in [0.15, 0.2) is 36.5 Å². The van der Waals surface area contributed by atoms with Crippen LogP contribution < -0.4 is 0 Å². The van der Waals surface area contributed by atoms with E-state index < -0.39 is 12.0 Å². The second-order valence-electron chi connectivity index (χ2n) is 5.15. The maximum atomic E-state index is 11.5. The van der Waals surface area contributed by atoms with E-state index in [1.54, 1.807) is 23.8 Å². The smallest absolute Gasteiger partial charge is 0.326 e. The molecule has 0 saturated heterocycles. The lowest BCUT2D eigenvalue weighted by Crippen LogP contribution is -2.17. The van der Waals surface area contributed by atoms with Crippen molar-refractivity contribution in [3.63, 3.8) is 0 Å². The quantitative estimate of drug-likeness (QED) is 0.800. The summed E-state index contributed by atoms with van der Waals surface area (Å²) in [6.07, 6.45) is 1.70. The van der Waals surface area contributed by atoms with Crippen LogP contribution in [-0.4, -0.2) is 25.6 Å². The summed E-state index contributed by atoms with van der Waals surface area (Å²) in [4.78, 5) is 20.4. The van der Waals surface area contributed by atoms with Gasteiger partial charge in [0.05, 0.1) is 5.02 Å². The number of aromatic nitrogens is 3. The first-order valence-corrected chi connectivity index (χ1v) is 7.19. The van der Waals surface area contributed by atoms with Crippen molar-refractivity contribution in [3.8, 4) is 11.4 Å². The molecular formula is C16H14ClN3O2. The monoisotopic (exact) mass is 315 g/mol. The summed E-state index contributed by atoms with van der Waals surface area (Å²) in [7, 11) is 0. The van der Waals surface area contributed by atoms with Gasteiger partial charge in [-0.2, -0.15) is 0 Å². The molecule has 0 bridgehead atoms. The van der Waals surface area contributed by atoms with Crippen LogP contribution in [-0.2, 0) is 4.79 Å². The zero-order valence-electron chi connectivity index (χ0n) is 12.1. The Kier molecular flexibility index (Phi) is 3.58. The van der Waals surface area contributed by atoms with Crippen molar-refractivity contribution < 1.29 is 9.90 Å². The molecular weight excluding hydrogens is 302 g/mol. The number of rotatable bonds is 3. The zero-order chi connectivity index (χ0) is 15.9. The van der Waals surface area contributed by atoms with Crippen LogP contribution in [0.25, 0.3) is 22.6 Å². The van der Waals surface area contributed by atoms with Gasteiger partial charge in [0.1, 0.15) is 17.4 Å². The number of carbonyl (C=O) groups is 1. The maximum Gasteiger partial charge on any atom is 0.326 e. The SMILES string of the molecule is Cc1cnc2c(c1)nc(-c1ccccc1Cl)n2C(C)C(=O)O. The Balaban J connectivity index is 2.36. The van der Waals surface area contributed by atoms with Crippen molar-refractivity contribution in [2.75, 3.05) is 0 Å². The molecule has 0 spiro atoms. The predicted octanol–water partition coefficient (Wildman–Crippen LogP) is 3.71. The summed E-state index contributed by atoms with van der Waals surface area (Å²) in [6, 6.07) is 8.32. The normalized spacial score (nSPS) is 12.5. The Morgan fingerprint density at radius 3 is 2.77 bits per heavy atom. The molecule has 0 amide bonds. The molecule has 0 aliphatic heterocycles. The van der Waals surface area contributed by atoms with Crippen molar-refractivity contribution in [1.29, 1.82) is 0 Å². The first kappa shape index (κ1) is 14.5. The number of fused-ring (bicyclic) bond motifs is 1. The predicted molar refractivity (Wildman–Crippen MR) is 85.1 cm³/mol. The third-order valence-corrected chi connectivity index (χ3v) is 3.86. The van der Waals surface area contributed by atoms with Crippen LogP contribution in [0.5, 0.6) is 0 Å². The largest absolute Gasteiger partial charge is 0.480 e. The highest BCUT2D eigenvalue weighted by Crippen LogP contribution is 2.32. The number of hydrogen-bond acceptors (Lipinski definition) is 3. The van der Waals surface area contributed by atoms with Crippen LogP contribution in [0.2, 0.25) is 5.02 Å². The number of benzene rings is 1. The first-order valence-electron chi connectivity index (χ1n) is 6.81. The average molecular weight is 316 g/mol.